The molecule has 158 valence electrons. The van der Waals surface area contributed by atoms with Gasteiger partial charge in [-0.3, -0.25) is 9.59 Å². The average Bonchev–Trinajstić information content (AvgIpc) is 2.65. The summed E-state index contributed by atoms with van der Waals surface area (Å²) in [4.78, 5) is 26.2. The molecule has 0 heterocycles. The Kier molecular flexibility index (Phi) is 19.9. The van der Waals surface area contributed by atoms with Crippen LogP contribution in [0.4, 0.5) is 0 Å². The average molecular weight is 384 g/mol. The highest BCUT2D eigenvalue weighted by atomic mass is 16.7. The largest absolute Gasteiger partial charge is 0.481 e. The van der Waals surface area contributed by atoms with E-state index >= 15 is 0 Å². The Morgan fingerprint density at radius 2 is 1.30 bits per heavy atom. The number of carboxylic acids is 1. The second kappa shape index (κ2) is 20.9. The summed E-state index contributed by atoms with van der Waals surface area (Å²) in [5.74, 6) is -1.50. The maximum atomic E-state index is 11.2. The van der Waals surface area contributed by atoms with Gasteiger partial charge in [-0.2, -0.15) is 5.48 Å². The van der Waals surface area contributed by atoms with Crippen LogP contribution < -0.4 is 5.48 Å². The smallest absolute Gasteiger partial charge is 0.325 e. The van der Waals surface area contributed by atoms with Crippen molar-refractivity contribution in [3.05, 3.63) is 12.2 Å². The van der Waals surface area contributed by atoms with E-state index in [0.717, 1.165) is 12.8 Å². The molecule has 0 rings (SSSR count). The topological polar surface area (TPSA) is 75.6 Å². The fourth-order valence-electron chi connectivity index (χ4n) is 2.84. The number of carbonyl (C=O) groups excluding carboxylic acids is 1. The lowest BCUT2D eigenvalue weighted by molar-refractivity contribution is -0.153. The van der Waals surface area contributed by atoms with Gasteiger partial charge in [-0.1, -0.05) is 76.9 Å². The van der Waals surface area contributed by atoms with Gasteiger partial charge in [0.15, 0.2) is 0 Å². The Labute approximate surface area is 165 Å². The second-order valence-corrected chi connectivity index (χ2v) is 7.20. The number of nitrogens with one attached hydrogen (secondary N) is 1. The van der Waals surface area contributed by atoms with Crippen LogP contribution in [0.3, 0.4) is 0 Å². The molecule has 0 atom stereocenters. The van der Waals surface area contributed by atoms with E-state index in [1.165, 1.54) is 77.0 Å². The fraction of sp³-hybridized carbons (Fsp3) is 0.818. The standard InChI is InChI=1S/C22H41NO4/c1-2-3-4-5-6-7-8-9-10-11-12-13-14-15-16-17-20-23-27-22(26)19-18-21(24)25/h9-10,23H,2-8,11-20H2,1H3,(H,24,25)/b10-9-. The Balaban J connectivity index is 3.17. The van der Waals surface area contributed by atoms with Crippen LogP contribution in [0.5, 0.6) is 0 Å². The first-order valence-electron chi connectivity index (χ1n) is 11.0. The van der Waals surface area contributed by atoms with E-state index in [-0.39, 0.29) is 12.8 Å². The molecule has 0 saturated heterocycles. The highest BCUT2D eigenvalue weighted by molar-refractivity contribution is 5.76. The number of allylic oxidation sites excluding steroid dienone is 2. The number of hydrogen-bond acceptors (Lipinski definition) is 4. The molecule has 0 aromatic heterocycles. The van der Waals surface area contributed by atoms with Gasteiger partial charge < -0.3 is 9.94 Å². The summed E-state index contributed by atoms with van der Waals surface area (Å²) in [6, 6.07) is 0. The van der Waals surface area contributed by atoms with Gasteiger partial charge in [0.1, 0.15) is 0 Å². The fourth-order valence-corrected chi connectivity index (χ4v) is 2.84. The van der Waals surface area contributed by atoms with Gasteiger partial charge in [0.2, 0.25) is 0 Å². The summed E-state index contributed by atoms with van der Waals surface area (Å²) < 4.78 is 0. The Morgan fingerprint density at radius 1 is 0.778 bits per heavy atom. The summed E-state index contributed by atoms with van der Waals surface area (Å²) >= 11 is 0. The van der Waals surface area contributed by atoms with Gasteiger partial charge in [0, 0.05) is 6.54 Å². The molecule has 0 aliphatic rings. The molecule has 0 bridgehead atoms. The van der Waals surface area contributed by atoms with Crippen molar-refractivity contribution in [3.63, 3.8) is 0 Å². The van der Waals surface area contributed by atoms with Gasteiger partial charge in [-0.25, -0.2) is 0 Å². The van der Waals surface area contributed by atoms with Gasteiger partial charge in [-0.15, -0.1) is 0 Å². The molecule has 0 radical (unpaired) electrons. The summed E-state index contributed by atoms with van der Waals surface area (Å²) in [6.07, 6.45) is 22.1. The number of aliphatic carboxylic acids is 1. The number of carboxylic acid groups (broad SMARTS) is 1. The summed E-state index contributed by atoms with van der Waals surface area (Å²) in [5, 5.41) is 8.46. The van der Waals surface area contributed by atoms with E-state index in [4.69, 9.17) is 9.94 Å². The lowest BCUT2D eigenvalue weighted by Gasteiger charge is -2.05. The van der Waals surface area contributed by atoms with Crippen LogP contribution in [0.2, 0.25) is 0 Å². The maximum absolute atomic E-state index is 11.2. The zero-order valence-electron chi connectivity index (χ0n) is 17.3. The van der Waals surface area contributed by atoms with Crippen LogP contribution in [0.1, 0.15) is 110 Å². The molecule has 0 amide bonds. The summed E-state index contributed by atoms with van der Waals surface area (Å²) in [5.41, 5.74) is 2.61. The number of unbranched alkanes of at least 4 members (excludes halogenated alkanes) is 12. The molecule has 5 nitrogen and oxygen atoms in total. The molecule has 0 fully saturated rings. The van der Waals surface area contributed by atoms with Crippen molar-refractivity contribution in [3.8, 4) is 0 Å². The quantitative estimate of drug-likeness (QED) is 0.155. The van der Waals surface area contributed by atoms with E-state index in [9.17, 15) is 9.59 Å². The molecule has 0 aromatic rings. The number of hydrogen-bond donors (Lipinski definition) is 2. The molecule has 5 heteroatoms. The minimum Gasteiger partial charge on any atom is -0.481 e. The monoisotopic (exact) mass is 383 g/mol. The third kappa shape index (κ3) is 22.6. The Morgan fingerprint density at radius 3 is 1.85 bits per heavy atom. The molecule has 2 N–H and O–H groups in total. The van der Waals surface area contributed by atoms with Crippen molar-refractivity contribution in [2.24, 2.45) is 0 Å². The summed E-state index contributed by atoms with van der Waals surface area (Å²) in [6.45, 7) is 2.88. The molecular formula is C22H41NO4. The Bertz CT molecular complexity index is 383. The van der Waals surface area contributed by atoms with Gasteiger partial charge in [0.25, 0.3) is 0 Å². The van der Waals surface area contributed by atoms with Crippen LogP contribution in [0.15, 0.2) is 12.2 Å². The molecule has 0 aromatic carbocycles. The zero-order valence-corrected chi connectivity index (χ0v) is 17.3. The first kappa shape index (κ1) is 25.6. The van der Waals surface area contributed by atoms with E-state index in [1.807, 2.05) is 0 Å². The number of rotatable bonds is 20. The highest BCUT2D eigenvalue weighted by Gasteiger charge is 2.06. The van der Waals surface area contributed by atoms with Gasteiger partial charge >= 0.3 is 11.9 Å². The molecule has 0 aliphatic carbocycles. The van der Waals surface area contributed by atoms with Crippen molar-refractivity contribution in [2.45, 2.75) is 110 Å². The van der Waals surface area contributed by atoms with Crippen molar-refractivity contribution < 1.29 is 19.5 Å². The normalized spacial score (nSPS) is 11.1. The van der Waals surface area contributed by atoms with Crippen LogP contribution in [0.25, 0.3) is 0 Å². The molecule has 0 spiro atoms. The van der Waals surface area contributed by atoms with E-state index in [2.05, 4.69) is 24.6 Å². The molecule has 0 aliphatic heterocycles. The van der Waals surface area contributed by atoms with Gasteiger partial charge in [-0.05, 0) is 32.1 Å². The highest BCUT2D eigenvalue weighted by Crippen LogP contribution is 2.09. The van der Waals surface area contributed by atoms with Crippen molar-refractivity contribution >= 4 is 11.9 Å². The predicted molar refractivity (Wildman–Crippen MR) is 110 cm³/mol. The maximum Gasteiger partial charge on any atom is 0.325 e. The van der Waals surface area contributed by atoms with Crippen LogP contribution >= 0.6 is 0 Å². The van der Waals surface area contributed by atoms with Gasteiger partial charge in [0.05, 0.1) is 12.8 Å². The lowest BCUT2D eigenvalue weighted by Crippen LogP contribution is -2.21. The van der Waals surface area contributed by atoms with Crippen molar-refractivity contribution in [2.75, 3.05) is 6.54 Å². The summed E-state index contributed by atoms with van der Waals surface area (Å²) in [7, 11) is 0. The minimum atomic E-state index is -0.986. The molecule has 0 unspecified atom stereocenters. The van der Waals surface area contributed by atoms with E-state index in [0.29, 0.717) is 6.54 Å². The van der Waals surface area contributed by atoms with Crippen molar-refractivity contribution in [1.82, 2.24) is 5.48 Å². The second-order valence-electron chi connectivity index (χ2n) is 7.20. The number of carbonyl (C=O) groups is 2. The predicted octanol–water partition coefficient (Wildman–Crippen LogP) is 5.94. The third-order valence-electron chi connectivity index (χ3n) is 4.52. The van der Waals surface area contributed by atoms with E-state index in [1.54, 1.807) is 0 Å². The first-order chi connectivity index (χ1) is 13.2. The van der Waals surface area contributed by atoms with Crippen LogP contribution in [0, 0.1) is 0 Å². The lowest BCUT2D eigenvalue weighted by atomic mass is 10.1. The first-order valence-corrected chi connectivity index (χ1v) is 11.0. The SMILES string of the molecule is CCCCCCCC/C=C\CCCCCCCCNOC(=O)CCC(=O)O. The Hall–Kier alpha value is -1.36. The van der Waals surface area contributed by atoms with Crippen LogP contribution in [-0.4, -0.2) is 23.6 Å². The van der Waals surface area contributed by atoms with Crippen molar-refractivity contribution in [1.29, 1.82) is 0 Å². The minimum absolute atomic E-state index is 0.0876. The number of hydroxylamine groups is 1. The third-order valence-corrected chi connectivity index (χ3v) is 4.52. The zero-order chi connectivity index (χ0) is 20.0. The molecule has 27 heavy (non-hydrogen) atoms. The molecule has 0 saturated carbocycles. The van der Waals surface area contributed by atoms with Crippen LogP contribution in [-0.2, 0) is 14.4 Å². The van der Waals surface area contributed by atoms with E-state index < -0.39 is 11.9 Å². The molecular weight excluding hydrogens is 342 g/mol.